The Morgan fingerprint density at radius 3 is 2.94 bits per heavy atom. The van der Waals surface area contributed by atoms with Gasteiger partial charge in [-0.1, -0.05) is 12.1 Å². The Morgan fingerprint density at radius 1 is 1.13 bits per heavy atom. The van der Waals surface area contributed by atoms with E-state index in [9.17, 15) is 4.79 Å². The first-order chi connectivity index (χ1) is 15.3. The van der Waals surface area contributed by atoms with Crippen molar-refractivity contribution in [1.82, 2.24) is 5.01 Å². The first-order valence-electron chi connectivity index (χ1n) is 10.5. The van der Waals surface area contributed by atoms with Crippen molar-refractivity contribution in [2.45, 2.75) is 12.5 Å². The van der Waals surface area contributed by atoms with Gasteiger partial charge in [-0.2, -0.15) is 5.10 Å². The number of ether oxygens (including phenoxy) is 1. The van der Waals surface area contributed by atoms with Crippen LogP contribution < -0.4 is 14.5 Å². The van der Waals surface area contributed by atoms with Crippen molar-refractivity contribution >= 4 is 34.3 Å². The number of nitrogens with zero attached hydrogens (tertiary/aromatic N) is 4. The van der Waals surface area contributed by atoms with E-state index < -0.39 is 0 Å². The lowest BCUT2D eigenvalue weighted by Gasteiger charge is -2.41. The molecule has 3 aliphatic rings. The predicted molar refractivity (Wildman–Crippen MR) is 120 cm³/mol. The van der Waals surface area contributed by atoms with Crippen LogP contribution in [0.3, 0.4) is 0 Å². The highest BCUT2D eigenvalue weighted by molar-refractivity contribution is 7.12. The summed E-state index contributed by atoms with van der Waals surface area (Å²) in [5.41, 5.74) is 3.08. The Kier molecular flexibility index (Phi) is 4.45. The van der Waals surface area contributed by atoms with Crippen LogP contribution in [-0.4, -0.2) is 49.4 Å². The van der Waals surface area contributed by atoms with Gasteiger partial charge in [0.05, 0.1) is 35.6 Å². The summed E-state index contributed by atoms with van der Waals surface area (Å²) in [4.78, 5) is 19.1. The fourth-order valence-corrected chi connectivity index (χ4v) is 5.32. The first-order valence-corrected chi connectivity index (χ1v) is 11.4. The van der Waals surface area contributed by atoms with Crippen LogP contribution in [0.4, 0.5) is 11.4 Å². The predicted octanol–water partition coefficient (Wildman–Crippen LogP) is 3.74. The second-order valence-electron chi connectivity index (χ2n) is 7.88. The largest absolute Gasteiger partial charge is 0.489 e. The summed E-state index contributed by atoms with van der Waals surface area (Å²) in [5.74, 6) is 1.63. The highest BCUT2D eigenvalue weighted by atomic mass is 32.1. The van der Waals surface area contributed by atoms with E-state index >= 15 is 0 Å². The van der Waals surface area contributed by atoms with Gasteiger partial charge in [-0.3, -0.25) is 4.79 Å². The topological polar surface area (TPSA) is 61.5 Å². The number of anilines is 2. The maximum absolute atomic E-state index is 13.5. The van der Waals surface area contributed by atoms with E-state index in [1.165, 1.54) is 0 Å². The molecule has 8 heteroatoms. The Hall–Kier alpha value is -3.26. The molecule has 1 atom stereocenters. The number of hydrazone groups is 1. The van der Waals surface area contributed by atoms with Gasteiger partial charge in [0.15, 0.2) is 0 Å². The molecule has 0 saturated carbocycles. The molecule has 7 nitrogen and oxygen atoms in total. The van der Waals surface area contributed by atoms with Gasteiger partial charge in [-0.05, 0) is 35.7 Å². The second-order valence-corrected chi connectivity index (χ2v) is 8.83. The molecule has 1 amide bonds. The maximum Gasteiger partial charge on any atom is 0.262 e. The summed E-state index contributed by atoms with van der Waals surface area (Å²) in [7, 11) is 0. The van der Waals surface area contributed by atoms with Crippen molar-refractivity contribution in [1.29, 1.82) is 0 Å². The quantitative estimate of drug-likeness (QED) is 0.626. The zero-order chi connectivity index (χ0) is 20.8. The molecule has 0 fully saturated rings. The van der Waals surface area contributed by atoms with Crippen LogP contribution in [0.1, 0.15) is 23.1 Å². The molecule has 3 aliphatic heterocycles. The van der Waals surface area contributed by atoms with E-state index in [-0.39, 0.29) is 18.5 Å². The van der Waals surface area contributed by atoms with E-state index in [0.29, 0.717) is 13.0 Å². The van der Waals surface area contributed by atoms with Crippen molar-refractivity contribution in [2.75, 3.05) is 42.6 Å². The molecule has 158 valence electrons. The summed E-state index contributed by atoms with van der Waals surface area (Å²) >= 11 is 1.64. The highest BCUT2D eigenvalue weighted by Crippen LogP contribution is 2.43. The zero-order valence-electron chi connectivity index (χ0n) is 16.9. The average molecular weight is 435 g/mol. The van der Waals surface area contributed by atoms with Gasteiger partial charge >= 0.3 is 0 Å². The Balaban J connectivity index is 1.29. The molecule has 0 spiro atoms. The lowest BCUT2D eigenvalue weighted by molar-refractivity contribution is -0.131. The third kappa shape index (κ3) is 3.18. The number of rotatable bonds is 4. The summed E-state index contributed by atoms with van der Waals surface area (Å²) in [6.45, 7) is 3.53. The highest BCUT2D eigenvalue weighted by Gasteiger charge is 2.37. The second kappa shape index (κ2) is 7.46. The fraction of sp³-hybridized carbons (Fsp3) is 0.304. The van der Waals surface area contributed by atoms with Crippen LogP contribution >= 0.6 is 11.3 Å². The molecule has 3 aromatic rings. The molecule has 0 radical (unpaired) electrons. The van der Waals surface area contributed by atoms with Crippen molar-refractivity contribution < 1.29 is 13.9 Å². The molecular formula is C23H22N4O3S. The fourth-order valence-electron chi connectivity index (χ4n) is 4.60. The van der Waals surface area contributed by atoms with E-state index in [1.807, 2.05) is 41.8 Å². The van der Waals surface area contributed by atoms with Crippen LogP contribution in [0.2, 0.25) is 0 Å². The number of carbonyl (C=O) groups is 1. The molecule has 31 heavy (non-hydrogen) atoms. The summed E-state index contributed by atoms with van der Waals surface area (Å²) in [6, 6.07) is 13.7. The molecule has 0 unspecified atom stereocenters. The molecule has 2 aromatic heterocycles. The van der Waals surface area contributed by atoms with Gasteiger partial charge in [0.2, 0.25) is 0 Å². The number of carbonyl (C=O) groups excluding carboxylic acids is 1. The number of thiophene rings is 1. The molecule has 0 bridgehead atoms. The van der Waals surface area contributed by atoms with Crippen molar-refractivity contribution in [2.24, 2.45) is 5.10 Å². The van der Waals surface area contributed by atoms with Crippen molar-refractivity contribution in [3.63, 3.8) is 0 Å². The molecular weight excluding hydrogens is 412 g/mol. The molecule has 5 heterocycles. The Morgan fingerprint density at radius 2 is 2.10 bits per heavy atom. The lowest BCUT2D eigenvalue weighted by Crippen LogP contribution is -2.48. The van der Waals surface area contributed by atoms with Crippen LogP contribution in [0.25, 0.3) is 0 Å². The number of benzene rings is 1. The number of furan rings is 1. The van der Waals surface area contributed by atoms with Crippen molar-refractivity contribution in [3.8, 4) is 5.75 Å². The summed E-state index contributed by atoms with van der Waals surface area (Å²) < 4.78 is 11.5. The monoisotopic (exact) mass is 434 g/mol. The van der Waals surface area contributed by atoms with Gasteiger partial charge in [-0.15, -0.1) is 11.3 Å². The number of para-hydroxylation sites is 1. The SMILES string of the molecule is O=C(CN1CCN2CCOc3cccc1c32)N1N=C(c2cccs2)C[C@@H]1c1ccco1. The van der Waals surface area contributed by atoms with Gasteiger partial charge in [0.25, 0.3) is 5.91 Å². The standard InChI is InChI=1S/C23H22N4O3S/c28-22(15-26-9-8-25-10-12-30-20-5-1-4-17(26)23(20)25)27-18(19-6-2-11-29-19)14-16(24-27)21-7-3-13-31-21/h1-7,11,13,18H,8-10,12,14-15H2/t18-/m1/s1. The molecule has 0 aliphatic carbocycles. The van der Waals surface area contributed by atoms with Crippen LogP contribution in [0.5, 0.6) is 5.75 Å². The normalized spacial score (nSPS) is 19.8. The van der Waals surface area contributed by atoms with Gasteiger partial charge in [-0.25, -0.2) is 5.01 Å². The van der Waals surface area contributed by atoms with E-state index in [1.54, 1.807) is 22.6 Å². The van der Waals surface area contributed by atoms with E-state index in [0.717, 1.165) is 53.1 Å². The number of hydrogen-bond acceptors (Lipinski definition) is 7. The minimum absolute atomic E-state index is 0.0317. The molecule has 1 aromatic carbocycles. The zero-order valence-corrected chi connectivity index (χ0v) is 17.8. The van der Waals surface area contributed by atoms with Crippen LogP contribution in [0, 0.1) is 0 Å². The number of amides is 1. The summed E-state index contributed by atoms with van der Waals surface area (Å²) in [6.07, 6.45) is 2.30. The lowest BCUT2D eigenvalue weighted by atomic mass is 10.1. The van der Waals surface area contributed by atoms with E-state index in [4.69, 9.17) is 14.3 Å². The third-order valence-corrected chi connectivity index (χ3v) is 6.98. The number of hydrogen-bond donors (Lipinski definition) is 0. The first kappa shape index (κ1) is 18.5. The Bertz CT molecular complexity index is 1130. The Labute approximate surface area is 184 Å². The van der Waals surface area contributed by atoms with Crippen LogP contribution in [-0.2, 0) is 4.79 Å². The minimum atomic E-state index is -0.214. The third-order valence-electron chi connectivity index (χ3n) is 6.06. The minimum Gasteiger partial charge on any atom is -0.489 e. The smallest absolute Gasteiger partial charge is 0.262 e. The molecule has 0 saturated heterocycles. The molecule has 6 rings (SSSR count). The van der Waals surface area contributed by atoms with Crippen molar-refractivity contribution in [3.05, 3.63) is 64.7 Å². The van der Waals surface area contributed by atoms with Gasteiger partial charge in [0, 0.05) is 19.5 Å². The van der Waals surface area contributed by atoms with Gasteiger partial charge < -0.3 is 19.0 Å². The van der Waals surface area contributed by atoms with E-state index in [2.05, 4.69) is 15.9 Å². The average Bonchev–Trinajstić information content (AvgIpc) is 3.56. The molecule has 0 N–H and O–H groups in total. The van der Waals surface area contributed by atoms with Gasteiger partial charge in [0.1, 0.15) is 29.8 Å². The van der Waals surface area contributed by atoms with Crippen LogP contribution in [0.15, 0.2) is 63.6 Å². The maximum atomic E-state index is 13.5. The summed E-state index contributed by atoms with van der Waals surface area (Å²) in [5, 5.41) is 8.39.